The second-order valence-electron chi connectivity index (χ2n) is 6.21. The van der Waals surface area contributed by atoms with Crippen LogP contribution in [0.5, 0.6) is 11.5 Å². The van der Waals surface area contributed by atoms with Crippen molar-refractivity contribution in [2.24, 2.45) is 5.73 Å². The molecule has 1 atom stereocenters. The van der Waals surface area contributed by atoms with E-state index in [4.69, 9.17) is 26.8 Å². The number of hydrogen-bond donors (Lipinski definition) is 1. The van der Waals surface area contributed by atoms with Crippen molar-refractivity contribution in [2.75, 3.05) is 6.61 Å². The molecule has 1 heterocycles. The van der Waals surface area contributed by atoms with E-state index in [1.165, 1.54) is 0 Å². The molecule has 0 saturated heterocycles. The molecule has 2 N–H and O–H groups in total. The smallest absolute Gasteiger partial charge is 0.180 e. The number of benzene rings is 2. The zero-order valence-corrected chi connectivity index (χ0v) is 16.0. The summed E-state index contributed by atoms with van der Waals surface area (Å²) >= 11 is 6.51. The Balaban J connectivity index is 1.79. The van der Waals surface area contributed by atoms with Crippen molar-refractivity contribution in [3.05, 3.63) is 88.7 Å². The number of rotatable bonds is 8. The van der Waals surface area contributed by atoms with Crippen molar-refractivity contribution < 1.29 is 9.47 Å². The van der Waals surface area contributed by atoms with Gasteiger partial charge in [-0.2, -0.15) is 0 Å². The Morgan fingerprint density at radius 1 is 1.04 bits per heavy atom. The first kappa shape index (κ1) is 19.2. The van der Waals surface area contributed by atoms with Crippen LogP contribution < -0.4 is 15.2 Å². The lowest BCUT2D eigenvalue weighted by Gasteiger charge is -2.17. The van der Waals surface area contributed by atoms with Gasteiger partial charge in [-0.3, -0.25) is 4.98 Å². The van der Waals surface area contributed by atoms with Crippen molar-refractivity contribution in [2.45, 2.75) is 26.0 Å². The summed E-state index contributed by atoms with van der Waals surface area (Å²) in [6.45, 7) is 2.88. The molecule has 3 rings (SSSR count). The Kier molecular flexibility index (Phi) is 6.69. The highest BCUT2D eigenvalue weighted by molar-refractivity contribution is 6.32. The summed E-state index contributed by atoms with van der Waals surface area (Å²) in [7, 11) is 0. The largest absolute Gasteiger partial charge is 0.490 e. The number of ether oxygens (including phenoxy) is 2. The summed E-state index contributed by atoms with van der Waals surface area (Å²) in [5, 5.41) is 0.519. The summed E-state index contributed by atoms with van der Waals surface area (Å²) in [5.74, 6) is 1.19. The van der Waals surface area contributed by atoms with Gasteiger partial charge in [-0.25, -0.2) is 0 Å². The van der Waals surface area contributed by atoms with Gasteiger partial charge < -0.3 is 15.2 Å². The van der Waals surface area contributed by atoms with Crippen LogP contribution in [0.25, 0.3) is 0 Å². The maximum atomic E-state index is 6.51. The van der Waals surface area contributed by atoms with E-state index in [1.807, 2.05) is 61.5 Å². The highest BCUT2D eigenvalue weighted by Gasteiger charge is 2.15. The molecule has 0 aliphatic heterocycles. The average molecular weight is 383 g/mol. The molecule has 27 heavy (non-hydrogen) atoms. The summed E-state index contributed by atoms with van der Waals surface area (Å²) in [4.78, 5) is 4.13. The Morgan fingerprint density at radius 2 is 1.85 bits per heavy atom. The van der Waals surface area contributed by atoms with Gasteiger partial charge in [-0.05, 0) is 48.2 Å². The van der Waals surface area contributed by atoms with Gasteiger partial charge in [0.25, 0.3) is 0 Å². The number of aromatic nitrogens is 1. The van der Waals surface area contributed by atoms with E-state index in [0.29, 0.717) is 36.2 Å². The molecule has 0 radical (unpaired) electrons. The van der Waals surface area contributed by atoms with E-state index < -0.39 is 0 Å². The van der Waals surface area contributed by atoms with Crippen LogP contribution in [-0.2, 0) is 13.0 Å². The monoisotopic (exact) mass is 382 g/mol. The second kappa shape index (κ2) is 9.40. The number of nitrogens with zero attached hydrogens (tertiary/aromatic N) is 1. The first-order chi connectivity index (χ1) is 13.2. The number of pyridine rings is 1. The highest BCUT2D eigenvalue weighted by atomic mass is 35.5. The third-order valence-electron chi connectivity index (χ3n) is 4.16. The van der Waals surface area contributed by atoms with Crippen LogP contribution in [0, 0.1) is 0 Å². The van der Waals surface area contributed by atoms with E-state index in [-0.39, 0.29) is 6.04 Å². The van der Waals surface area contributed by atoms with Crippen LogP contribution in [0.15, 0.2) is 67.0 Å². The molecule has 1 aromatic heterocycles. The minimum Gasteiger partial charge on any atom is -0.490 e. The molecule has 140 valence electrons. The molecule has 0 fully saturated rings. The fraction of sp³-hybridized carbons (Fsp3) is 0.227. The molecule has 0 aliphatic rings. The van der Waals surface area contributed by atoms with Crippen LogP contribution in [0.2, 0.25) is 5.02 Å². The fourth-order valence-corrected chi connectivity index (χ4v) is 3.13. The SMILES string of the molecule is CCOc1cc(CC(N)c2cccnc2)cc(Cl)c1OCc1ccccc1. The van der Waals surface area contributed by atoms with Gasteiger partial charge >= 0.3 is 0 Å². The lowest BCUT2D eigenvalue weighted by molar-refractivity contribution is 0.269. The topological polar surface area (TPSA) is 57.4 Å². The summed E-state index contributed by atoms with van der Waals surface area (Å²) in [6, 6.07) is 17.5. The molecule has 5 heteroatoms. The third-order valence-corrected chi connectivity index (χ3v) is 4.44. The third kappa shape index (κ3) is 5.22. The minimum atomic E-state index is -0.166. The molecule has 1 unspecified atom stereocenters. The van der Waals surface area contributed by atoms with Crippen LogP contribution in [-0.4, -0.2) is 11.6 Å². The van der Waals surface area contributed by atoms with E-state index in [1.54, 1.807) is 12.4 Å². The molecule has 0 amide bonds. The van der Waals surface area contributed by atoms with Gasteiger partial charge in [0.15, 0.2) is 11.5 Å². The first-order valence-corrected chi connectivity index (χ1v) is 9.32. The second-order valence-corrected chi connectivity index (χ2v) is 6.62. The Bertz CT molecular complexity index is 857. The van der Waals surface area contributed by atoms with Crippen LogP contribution >= 0.6 is 11.6 Å². The highest BCUT2D eigenvalue weighted by Crippen LogP contribution is 2.38. The first-order valence-electron chi connectivity index (χ1n) is 8.94. The molecule has 2 aromatic carbocycles. The van der Waals surface area contributed by atoms with Crippen molar-refractivity contribution in [3.63, 3.8) is 0 Å². The average Bonchev–Trinajstić information content (AvgIpc) is 2.69. The Labute approximate surface area is 164 Å². The van der Waals surface area contributed by atoms with E-state index >= 15 is 0 Å². The van der Waals surface area contributed by atoms with Gasteiger partial charge in [-0.15, -0.1) is 0 Å². The predicted octanol–water partition coefficient (Wildman–Crippen LogP) is 4.96. The molecular formula is C22H23ClN2O2. The zero-order chi connectivity index (χ0) is 19.1. The van der Waals surface area contributed by atoms with Crippen LogP contribution in [0.4, 0.5) is 0 Å². The standard InChI is InChI=1S/C22H23ClN2O2/c1-2-26-21-13-17(12-20(24)18-9-6-10-25-14-18)11-19(23)22(21)27-15-16-7-4-3-5-8-16/h3-11,13-14,20H,2,12,15,24H2,1H3. The van der Waals surface area contributed by atoms with E-state index in [2.05, 4.69) is 4.98 Å². The summed E-state index contributed by atoms with van der Waals surface area (Å²) in [5.41, 5.74) is 9.36. The molecule has 0 aliphatic carbocycles. The van der Waals surface area contributed by atoms with Crippen molar-refractivity contribution >= 4 is 11.6 Å². The van der Waals surface area contributed by atoms with Gasteiger partial charge in [0, 0.05) is 18.4 Å². The van der Waals surface area contributed by atoms with Gasteiger partial charge in [0.2, 0.25) is 0 Å². The number of nitrogens with two attached hydrogens (primary N) is 1. The molecule has 4 nitrogen and oxygen atoms in total. The maximum Gasteiger partial charge on any atom is 0.180 e. The Hall–Kier alpha value is -2.56. The normalized spacial score (nSPS) is 11.8. The molecule has 0 saturated carbocycles. The van der Waals surface area contributed by atoms with Gasteiger partial charge in [-0.1, -0.05) is 48.0 Å². The predicted molar refractivity (Wildman–Crippen MR) is 108 cm³/mol. The van der Waals surface area contributed by atoms with Crippen molar-refractivity contribution in [3.8, 4) is 11.5 Å². The van der Waals surface area contributed by atoms with Crippen LogP contribution in [0.1, 0.15) is 29.7 Å². The molecule has 0 bridgehead atoms. The van der Waals surface area contributed by atoms with Gasteiger partial charge in [0.05, 0.1) is 11.6 Å². The quantitative estimate of drug-likeness (QED) is 0.598. The molecular weight excluding hydrogens is 360 g/mol. The number of halogens is 1. The lowest BCUT2D eigenvalue weighted by Crippen LogP contribution is -2.13. The van der Waals surface area contributed by atoms with E-state index in [0.717, 1.165) is 16.7 Å². The number of hydrogen-bond acceptors (Lipinski definition) is 4. The Morgan fingerprint density at radius 3 is 2.56 bits per heavy atom. The van der Waals surface area contributed by atoms with Crippen molar-refractivity contribution in [1.82, 2.24) is 4.98 Å². The summed E-state index contributed by atoms with van der Waals surface area (Å²) in [6.07, 6.45) is 4.15. The minimum absolute atomic E-state index is 0.166. The molecule has 3 aromatic rings. The summed E-state index contributed by atoms with van der Waals surface area (Å²) < 4.78 is 11.7. The fourth-order valence-electron chi connectivity index (χ4n) is 2.84. The lowest BCUT2D eigenvalue weighted by atomic mass is 10.0. The maximum absolute atomic E-state index is 6.51. The van der Waals surface area contributed by atoms with Crippen LogP contribution in [0.3, 0.4) is 0 Å². The van der Waals surface area contributed by atoms with Crippen molar-refractivity contribution in [1.29, 1.82) is 0 Å². The van der Waals surface area contributed by atoms with Gasteiger partial charge in [0.1, 0.15) is 6.61 Å². The van der Waals surface area contributed by atoms with E-state index in [9.17, 15) is 0 Å². The molecule has 0 spiro atoms. The zero-order valence-electron chi connectivity index (χ0n) is 15.3.